The van der Waals surface area contributed by atoms with Gasteiger partial charge in [-0.2, -0.15) is 0 Å². The van der Waals surface area contributed by atoms with E-state index < -0.39 is 10.0 Å². The van der Waals surface area contributed by atoms with Gasteiger partial charge >= 0.3 is 0 Å². The molecular formula is C14H21NS. The van der Waals surface area contributed by atoms with Crippen molar-refractivity contribution in [2.75, 3.05) is 25.6 Å². The van der Waals surface area contributed by atoms with E-state index in [4.69, 9.17) is 0 Å². The number of piperidine rings is 1. The van der Waals surface area contributed by atoms with Gasteiger partial charge in [0.15, 0.2) is 0 Å². The molecule has 1 saturated heterocycles. The summed E-state index contributed by atoms with van der Waals surface area (Å²) in [6.07, 6.45) is 7.76. The first kappa shape index (κ1) is 10.7. The van der Waals surface area contributed by atoms with Crippen molar-refractivity contribution in [1.82, 2.24) is 5.32 Å². The molecule has 1 aromatic rings. The normalized spacial score (nSPS) is 27.6. The lowest BCUT2D eigenvalue weighted by molar-refractivity contribution is 0.422. The standard InChI is InChI=1S/C14H21NS/c1-16(2)11-12-5-3-4-6-13(12)14(16)7-9-15-10-8-14/h3-6,15H,7-11H2,1-2H3. The Bertz CT molecular complexity index is 405. The lowest BCUT2D eigenvalue weighted by atomic mass is 9.87. The van der Waals surface area contributed by atoms with Gasteiger partial charge in [-0.25, -0.2) is 10.0 Å². The fourth-order valence-electron chi connectivity index (χ4n) is 3.57. The second-order valence-corrected chi connectivity index (χ2v) is 9.73. The molecule has 0 saturated carbocycles. The first-order valence-corrected chi connectivity index (χ1v) is 8.77. The Kier molecular flexibility index (Phi) is 2.34. The molecule has 0 aromatic heterocycles. The van der Waals surface area contributed by atoms with Gasteiger partial charge in [0.25, 0.3) is 0 Å². The molecule has 3 rings (SSSR count). The minimum absolute atomic E-state index is 0.509. The van der Waals surface area contributed by atoms with Crippen molar-refractivity contribution in [2.24, 2.45) is 0 Å². The van der Waals surface area contributed by atoms with Gasteiger partial charge in [0.2, 0.25) is 0 Å². The van der Waals surface area contributed by atoms with Crippen LogP contribution < -0.4 is 5.32 Å². The van der Waals surface area contributed by atoms with Gasteiger partial charge in [-0.15, -0.1) is 0 Å². The van der Waals surface area contributed by atoms with Crippen molar-refractivity contribution < 1.29 is 0 Å². The van der Waals surface area contributed by atoms with E-state index in [9.17, 15) is 0 Å². The topological polar surface area (TPSA) is 12.0 Å². The zero-order chi connectivity index (χ0) is 11.2. The molecule has 1 N–H and O–H groups in total. The van der Waals surface area contributed by atoms with Gasteiger partial charge in [-0.1, -0.05) is 24.3 Å². The average molecular weight is 235 g/mol. The van der Waals surface area contributed by atoms with Crippen molar-refractivity contribution in [3.63, 3.8) is 0 Å². The number of hydrogen-bond donors (Lipinski definition) is 1. The summed E-state index contributed by atoms with van der Waals surface area (Å²) in [4.78, 5) is 0. The van der Waals surface area contributed by atoms with Crippen LogP contribution in [0.15, 0.2) is 24.3 Å². The van der Waals surface area contributed by atoms with Crippen molar-refractivity contribution in [1.29, 1.82) is 0 Å². The maximum Gasteiger partial charge on any atom is 0.0279 e. The van der Waals surface area contributed by atoms with Crippen LogP contribution in [-0.2, 0) is 10.5 Å². The van der Waals surface area contributed by atoms with Crippen LogP contribution >= 0.6 is 10.0 Å². The number of hydrogen-bond acceptors (Lipinski definition) is 1. The Balaban J connectivity index is 2.14. The van der Waals surface area contributed by atoms with Gasteiger partial charge in [-0.05, 0) is 49.6 Å². The predicted molar refractivity (Wildman–Crippen MR) is 73.4 cm³/mol. The molecule has 0 atom stereocenters. The Morgan fingerprint density at radius 3 is 2.56 bits per heavy atom. The Morgan fingerprint density at radius 1 is 1.12 bits per heavy atom. The van der Waals surface area contributed by atoms with E-state index in [2.05, 4.69) is 42.1 Å². The Morgan fingerprint density at radius 2 is 1.81 bits per heavy atom. The Hall–Kier alpha value is -0.470. The molecule has 0 radical (unpaired) electrons. The van der Waals surface area contributed by atoms with Gasteiger partial charge in [-0.3, -0.25) is 0 Å². The molecule has 0 amide bonds. The van der Waals surface area contributed by atoms with Gasteiger partial charge in [0.05, 0.1) is 0 Å². The molecule has 88 valence electrons. The fraction of sp³-hybridized carbons (Fsp3) is 0.571. The fourth-order valence-corrected chi connectivity index (χ4v) is 6.98. The lowest BCUT2D eigenvalue weighted by Gasteiger charge is -2.49. The molecule has 0 bridgehead atoms. The van der Waals surface area contributed by atoms with Crippen LogP contribution in [0.25, 0.3) is 0 Å². The van der Waals surface area contributed by atoms with E-state index in [1.807, 2.05) is 0 Å². The van der Waals surface area contributed by atoms with Crippen LogP contribution in [0, 0.1) is 0 Å². The molecule has 1 fully saturated rings. The molecule has 2 heterocycles. The molecular weight excluding hydrogens is 214 g/mol. The minimum Gasteiger partial charge on any atom is -0.317 e. The number of benzene rings is 1. The third-order valence-electron chi connectivity index (χ3n) is 4.49. The highest BCUT2D eigenvalue weighted by atomic mass is 32.3. The molecule has 1 spiro atoms. The summed E-state index contributed by atoms with van der Waals surface area (Å²) in [6, 6.07) is 9.17. The molecule has 16 heavy (non-hydrogen) atoms. The van der Waals surface area contributed by atoms with Crippen LogP contribution in [0.3, 0.4) is 0 Å². The zero-order valence-corrected chi connectivity index (χ0v) is 11.1. The average Bonchev–Trinajstić information content (AvgIpc) is 2.49. The summed E-state index contributed by atoms with van der Waals surface area (Å²) < 4.78 is 0.523. The quantitative estimate of drug-likeness (QED) is 0.729. The maximum atomic E-state index is 3.52. The Labute approximate surface area is 99.9 Å². The van der Waals surface area contributed by atoms with Gasteiger partial charge < -0.3 is 5.32 Å². The second kappa shape index (κ2) is 3.51. The third kappa shape index (κ3) is 1.29. The minimum atomic E-state index is -0.509. The van der Waals surface area contributed by atoms with Crippen molar-refractivity contribution in [2.45, 2.75) is 23.3 Å². The first-order chi connectivity index (χ1) is 7.66. The van der Waals surface area contributed by atoms with Crippen molar-refractivity contribution in [3.8, 4) is 0 Å². The van der Waals surface area contributed by atoms with Crippen LogP contribution in [0.1, 0.15) is 24.0 Å². The second-order valence-electron chi connectivity index (χ2n) is 5.58. The van der Waals surface area contributed by atoms with Gasteiger partial charge in [0, 0.05) is 10.5 Å². The predicted octanol–water partition coefficient (Wildman–Crippen LogP) is 2.84. The maximum absolute atomic E-state index is 3.52. The van der Waals surface area contributed by atoms with E-state index in [-0.39, 0.29) is 0 Å². The van der Waals surface area contributed by atoms with E-state index in [0.29, 0.717) is 4.75 Å². The SMILES string of the molecule is CS1(C)Cc2ccccc2C12CCNCC2. The van der Waals surface area contributed by atoms with Crippen LogP contribution in [-0.4, -0.2) is 25.6 Å². The highest BCUT2D eigenvalue weighted by Gasteiger charge is 2.48. The third-order valence-corrected chi connectivity index (χ3v) is 8.27. The zero-order valence-electron chi connectivity index (χ0n) is 10.3. The molecule has 2 heteroatoms. The molecule has 1 aromatic carbocycles. The van der Waals surface area contributed by atoms with Crippen LogP contribution in [0.4, 0.5) is 0 Å². The summed E-state index contributed by atoms with van der Waals surface area (Å²) in [5.74, 6) is 1.34. The highest BCUT2D eigenvalue weighted by Crippen LogP contribution is 2.70. The van der Waals surface area contributed by atoms with Crippen LogP contribution in [0.5, 0.6) is 0 Å². The number of nitrogens with one attached hydrogen (secondary N) is 1. The molecule has 2 aliphatic heterocycles. The van der Waals surface area contributed by atoms with Crippen molar-refractivity contribution >= 4 is 10.0 Å². The number of rotatable bonds is 0. The molecule has 1 nitrogen and oxygen atoms in total. The summed E-state index contributed by atoms with van der Waals surface area (Å²) >= 11 is 0. The molecule has 0 unspecified atom stereocenters. The van der Waals surface area contributed by atoms with E-state index in [0.717, 1.165) is 0 Å². The van der Waals surface area contributed by atoms with E-state index in [1.54, 1.807) is 11.1 Å². The first-order valence-electron chi connectivity index (χ1n) is 6.15. The summed E-state index contributed by atoms with van der Waals surface area (Å²) in [7, 11) is -0.509. The molecule has 0 aliphatic carbocycles. The highest BCUT2D eigenvalue weighted by molar-refractivity contribution is 8.33. The van der Waals surface area contributed by atoms with Crippen LogP contribution in [0.2, 0.25) is 0 Å². The summed E-state index contributed by atoms with van der Waals surface area (Å²) in [5.41, 5.74) is 3.31. The summed E-state index contributed by atoms with van der Waals surface area (Å²) in [5, 5.41) is 3.52. The lowest BCUT2D eigenvalue weighted by Crippen LogP contribution is -2.40. The monoisotopic (exact) mass is 235 g/mol. The smallest absolute Gasteiger partial charge is 0.0279 e. The van der Waals surface area contributed by atoms with E-state index >= 15 is 0 Å². The van der Waals surface area contributed by atoms with Gasteiger partial charge in [0.1, 0.15) is 0 Å². The largest absolute Gasteiger partial charge is 0.317 e. The molecule has 2 aliphatic rings. The van der Waals surface area contributed by atoms with E-state index in [1.165, 1.54) is 31.7 Å². The summed E-state index contributed by atoms with van der Waals surface area (Å²) in [6.45, 7) is 2.40. The number of fused-ring (bicyclic) bond motifs is 2. The van der Waals surface area contributed by atoms with Crippen molar-refractivity contribution in [3.05, 3.63) is 35.4 Å².